The van der Waals surface area contributed by atoms with Gasteiger partial charge in [-0.15, -0.1) is 0 Å². The minimum absolute atomic E-state index is 1.31. The Morgan fingerprint density at radius 2 is 1.44 bits per heavy atom. The van der Waals surface area contributed by atoms with Gasteiger partial charge in [-0.25, -0.2) is 4.79 Å². The van der Waals surface area contributed by atoms with Crippen LogP contribution in [-0.2, 0) is 0 Å². The number of aromatic carboxylic acids is 1. The molecule has 0 heterocycles. The molecule has 0 saturated heterocycles. The molecule has 0 unspecified atom stereocenters. The van der Waals surface area contributed by atoms with Crippen LogP contribution < -0.4 is 0 Å². The van der Waals surface area contributed by atoms with Gasteiger partial charge in [0.05, 0.1) is 4.92 Å². The summed E-state index contributed by atoms with van der Waals surface area (Å²) in [5, 5.41) is 55.1. The Balaban J connectivity index is 3.83. The molecule has 1 aromatic rings. The van der Waals surface area contributed by atoms with Crippen molar-refractivity contribution < 1.29 is 35.3 Å². The zero-order chi connectivity index (χ0) is 12.6. The van der Waals surface area contributed by atoms with Crippen LogP contribution in [0.2, 0.25) is 0 Å². The van der Waals surface area contributed by atoms with Gasteiger partial charge in [0.15, 0.2) is 11.3 Å². The van der Waals surface area contributed by atoms with Crippen molar-refractivity contribution in [3.05, 3.63) is 15.7 Å². The van der Waals surface area contributed by atoms with Crippen molar-refractivity contribution in [1.82, 2.24) is 0 Å². The zero-order valence-electron chi connectivity index (χ0n) is 7.41. The lowest BCUT2D eigenvalue weighted by Gasteiger charge is -2.07. The van der Waals surface area contributed by atoms with Gasteiger partial charge < -0.3 is 25.5 Å². The normalized spacial score (nSPS) is 10.0. The number of hydrogen-bond donors (Lipinski definition) is 5. The second-order valence-corrected chi connectivity index (χ2v) is 2.68. The number of nitro groups is 1. The molecule has 0 aliphatic carbocycles. The summed E-state index contributed by atoms with van der Waals surface area (Å²) in [6.07, 6.45) is 0. The maximum atomic E-state index is 10.6. The van der Waals surface area contributed by atoms with Crippen LogP contribution in [-0.4, -0.2) is 36.4 Å². The second-order valence-electron chi connectivity index (χ2n) is 2.68. The topological polar surface area (TPSA) is 161 Å². The maximum absolute atomic E-state index is 10.6. The van der Waals surface area contributed by atoms with Gasteiger partial charge >= 0.3 is 11.7 Å². The van der Waals surface area contributed by atoms with E-state index in [1.807, 2.05) is 0 Å². The molecule has 0 radical (unpaired) electrons. The van der Waals surface area contributed by atoms with Crippen LogP contribution in [0.5, 0.6) is 23.0 Å². The quantitative estimate of drug-likeness (QED) is 0.207. The van der Waals surface area contributed by atoms with Crippen molar-refractivity contribution >= 4 is 11.7 Å². The fraction of sp³-hybridized carbons (Fsp3) is 0. The molecule has 9 nitrogen and oxygen atoms in total. The van der Waals surface area contributed by atoms with Gasteiger partial charge in [0.2, 0.25) is 17.2 Å². The van der Waals surface area contributed by atoms with Crippen LogP contribution in [0.25, 0.3) is 0 Å². The van der Waals surface area contributed by atoms with Crippen LogP contribution in [0.1, 0.15) is 10.4 Å². The van der Waals surface area contributed by atoms with E-state index in [1.54, 1.807) is 0 Å². The summed E-state index contributed by atoms with van der Waals surface area (Å²) in [4.78, 5) is 19.7. The number of phenolic OH excluding ortho intramolecular Hbond substituents is 3. The minimum Gasteiger partial charge on any atom is -0.503 e. The first-order valence-electron chi connectivity index (χ1n) is 3.66. The number of benzene rings is 1. The average molecular weight is 231 g/mol. The Morgan fingerprint density at radius 1 is 1.00 bits per heavy atom. The molecule has 1 aromatic carbocycles. The number of phenols is 4. The van der Waals surface area contributed by atoms with Crippen molar-refractivity contribution in [2.75, 3.05) is 0 Å². The summed E-state index contributed by atoms with van der Waals surface area (Å²) in [6, 6.07) is 0. The molecule has 16 heavy (non-hydrogen) atoms. The van der Waals surface area contributed by atoms with Crippen molar-refractivity contribution in [3.8, 4) is 23.0 Å². The summed E-state index contributed by atoms with van der Waals surface area (Å²) in [5.74, 6) is -7.48. The van der Waals surface area contributed by atoms with Crippen LogP contribution in [0.4, 0.5) is 5.69 Å². The number of carboxylic acids is 1. The third kappa shape index (κ3) is 1.39. The Morgan fingerprint density at radius 3 is 1.81 bits per heavy atom. The highest BCUT2D eigenvalue weighted by atomic mass is 16.6. The van der Waals surface area contributed by atoms with Gasteiger partial charge in [0.1, 0.15) is 0 Å². The molecular formula is C7H5NO8. The SMILES string of the molecule is O=C(O)c1c(O)c(O)c(O)c(O)c1[N+](=O)[O-]. The monoisotopic (exact) mass is 231 g/mol. The molecule has 0 fully saturated rings. The van der Waals surface area contributed by atoms with Crippen LogP contribution in [0, 0.1) is 10.1 Å². The lowest BCUT2D eigenvalue weighted by atomic mass is 10.1. The first-order chi connectivity index (χ1) is 7.29. The highest BCUT2D eigenvalue weighted by molar-refractivity contribution is 5.99. The van der Waals surface area contributed by atoms with Gasteiger partial charge in [-0.05, 0) is 0 Å². The standard InChI is InChI=1S/C7H5NO8/c9-3-1(7(13)14)2(8(15)16)4(10)6(12)5(3)11/h9-12H,(H,13,14). The first-order valence-corrected chi connectivity index (χ1v) is 3.66. The number of carbonyl (C=O) groups is 1. The number of hydrogen-bond acceptors (Lipinski definition) is 7. The number of rotatable bonds is 2. The zero-order valence-corrected chi connectivity index (χ0v) is 7.41. The van der Waals surface area contributed by atoms with Crippen molar-refractivity contribution in [2.45, 2.75) is 0 Å². The molecule has 0 aliphatic rings. The Kier molecular flexibility index (Phi) is 2.45. The highest BCUT2D eigenvalue weighted by Crippen LogP contribution is 2.50. The third-order valence-electron chi connectivity index (χ3n) is 1.77. The van der Waals surface area contributed by atoms with Crippen molar-refractivity contribution in [2.24, 2.45) is 0 Å². The highest BCUT2D eigenvalue weighted by Gasteiger charge is 2.35. The van der Waals surface area contributed by atoms with E-state index in [1.165, 1.54) is 0 Å². The van der Waals surface area contributed by atoms with Gasteiger partial charge in [-0.1, -0.05) is 0 Å². The fourth-order valence-electron chi connectivity index (χ4n) is 1.07. The summed E-state index contributed by atoms with van der Waals surface area (Å²) in [5.41, 5.74) is -2.71. The predicted molar refractivity (Wildman–Crippen MR) is 46.7 cm³/mol. The van der Waals surface area contributed by atoms with Gasteiger partial charge in [-0.2, -0.15) is 0 Å². The summed E-state index contributed by atoms with van der Waals surface area (Å²) >= 11 is 0. The number of aromatic hydroxyl groups is 4. The number of carboxylic acid groups (broad SMARTS) is 1. The van der Waals surface area contributed by atoms with E-state index >= 15 is 0 Å². The predicted octanol–water partition coefficient (Wildman–Crippen LogP) is 0.115. The first kappa shape index (κ1) is 11.4. The van der Waals surface area contributed by atoms with E-state index in [0.717, 1.165) is 0 Å². The Hall–Kier alpha value is -2.71. The molecule has 86 valence electrons. The van der Waals surface area contributed by atoms with E-state index in [-0.39, 0.29) is 0 Å². The lowest BCUT2D eigenvalue weighted by Crippen LogP contribution is -2.03. The molecular weight excluding hydrogens is 226 g/mol. The second kappa shape index (κ2) is 3.46. The van der Waals surface area contributed by atoms with Crippen LogP contribution in [0.3, 0.4) is 0 Å². The molecule has 1 rings (SSSR count). The average Bonchev–Trinajstić information content (AvgIpc) is 2.18. The van der Waals surface area contributed by atoms with E-state index in [0.29, 0.717) is 0 Å². The molecule has 0 aliphatic heterocycles. The van der Waals surface area contributed by atoms with Crippen molar-refractivity contribution in [1.29, 1.82) is 0 Å². The largest absolute Gasteiger partial charge is 0.503 e. The smallest absolute Gasteiger partial charge is 0.346 e. The van der Waals surface area contributed by atoms with E-state index in [2.05, 4.69) is 0 Å². The van der Waals surface area contributed by atoms with Crippen molar-refractivity contribution in [3.63, 3.8) is 0 Å². The Bertz CT molecular complexity index is 449. The summed E-state index contributed by atoms with van der Waals surface area (Å²) in [6.45, 7) is 0. The fourth-order valence-corrected chi connectivity index (χ4v) is 1.07. The molecule has 9 heteroatoms. The van der Waals surface area contributed by atoms with Gasteiger partial charge in [-0.3, -0.25) is 10.1 Å². The van der Waals surface area contributed by atoms with Crippen LogP contribution >= 0.6 is 0 Å². The molecule has 0 aromatic heterocycles. The molecule has 0 saturated carbocycles. The van der Waals surface area contributed by atoms with E-state index in [9.17, 15) is 14.9 Å². The van der Waals surface area contributed by atoms with Gasteiger partial charge in [0.25, 0.3) is 0 Å². The maximum Gasteiger partial charge on any atom is 0.346 e. The molecule has 0 spiro atoms. The summed E-state index contributed by atoms with van der Waals surface area (Å²) < 4.78 is 0. The third-order valence-corrected chi connectivity index (χ3v) is 1.77. The summed E-state index contributed by atoms with van der Waals surface area (Å²) in [7, 11) is 0. The van der Waals surface area contributed by atoms with E-state index in [4.69, 9.17) is 25.5 Å². The molecule has 0 bridgehead atoms. The van der Waals surface area contributed by atoms with E-state index < -0.39 is 45.1 Å². The lowest BCUT2D eigenvalue weighted by molar-refractivity contribution is -0.386. The number of nitro benzene ring substituents is 1. The molecule has 5 N–H and O–H groups in total. The molecule has 0 atom stereocenters. The van der Waals surface area contributed by atoms with Crippen LogP contribution in [0.15, 0.2) is 0 Å². The van der Waals surface area contributed by atoms with Gasteiger partial charge in [0, 0.05) is 0 Å². The number of nitrogens with zero attached hydrogens (tertiary/aromatic N) is 1. The molecule has 0 amide bonds. The minimum atomic E-state index is -1.94. The Labute approximate surface area is 86.6 Å².